The Hall–Kier alpha value is -0.710. The van der Waals surface area contributed by atoms with Crippen LogP contribution in [-0.4, -0.2) is 39.5 Å². The standard InChI is InChI=1S/C11H13BrF4N2O2S/c1-17-5-7-3-8(12)4-9(10(7)13)21(19,20)18(2)6-11(14,15)16/h3-4,17H,5-6H2,1-2H3. The van der Waals surface area contributed by atoms with Crippen molar-refractivity contribution in [3.8, 4) is 0 Å². The molecule has 0 aliphatic carbocycles. The van der Waals surface area contributed by atoms with Crippen LogP contribution in [0.3, 0.4) is 0 Å². The van der Waals surface area contributed by atoms with E-state index in [1.54, 1.807) is 0 Å². The molecule has 1 aromatic carbocycles. The van der Waals surface area contributed by atoms with Gasteiger partial charge in [0, 0.05) is 23.6 Å². The summed E-state index contributed by atoms with van der Waals surface area (Å²) in [5.41, 5.74) is 0.0332. The van der Waals surface area contributed by atoms with E-state index in [-0.39, 0.29) is 20.9 Å². The van der Waals surface area contributed by atoms with E-state index < -0.39 is 33.5 Å². The Labute approximate surface area is 128 Å². The summed E-state index contributed by atoms with van der Waals surface area (Å²) in [6.45, 7) is -1.65. The van der Waals surface area contributed by atoms with Crippen molar-refractivity contribution in [2.45, 2.75) is 17.6 Å². The summed E-state index contributed by atoms with van der Waals surface area (Å²) in [5.74, 6) is -1.07. The van der Waals surface area contributed by atoms with E-state index in [1.165, 1.54) is 13.1 Å². The van der Waals surface area contributed by atoms with Crippen LogP contribution >= 0.6 is 15.9 Å². The first-order chi connectivity index (χ1) is 9.49. The molecule has 120 valence electrons. The third-order valence-electron chi connectivity index (χ3n) is 2.54. The molecule has 0 unspecified atom stereocenters. The van der Waals surface area contributed by atoms with Crippen LogP contribution < -0.4 is 5.32 Å². The van der Waals surface area contributed by atoms with Gasteiger partial charge in [-0.15, -0.1) is 0 Å². The fourth-order valence-electron chi connectivity index (χ4n) is 1.63. The monoisotopic (exact) mass is 392 g/mol. The van der Waals surface area contributed by atoms with E-state index >= 15 is 0 Å². The lowest BCUT2D eigenvalue weighted by Gasteiger charge is -2.20. The summed E-state index contributed by atoms with van der Waals surface area (Å²) in [4.78, 5) is -0.797. The van der Waals surface area contributed by atoms with Crippen molar-refractivity contribution in [2.75, 3.05) is 20.6 Å². The number of nitrogens with one attached hydrogen (secondary N) is 1. The van der Waals surface area contributed by atoms with Gasteiger partial charge in [-0.3, -0.25) is 0 Å². The number of hydrogen-bond donors (Lipinski definition) is 1. The average Bonchev–Trinajstić information content (AvgIpc) is 2.31. The number of rotatable bonds is 5. The highest BCUT2D eigenvalue weighted by atomic mass is 79.9. The van der Waals surface area contributed by atoms with E-state index in [2.05, 4.69) is 21.2 Å². The van der Waals surface area contributed by atoms with E-state index in [0.717, 1.165) is 13.1 Å². The third kappa shape index (κ3) is 4.63. The van der Waals surface area contributed by atoms with Crippen LogP contribution in [0.5, 0.6) is 0 Å². The zero-order valence-electron chi connectivity index (χ0n) is 11.1. The molecule has 0 spiro atoms. The van der Waals surface area contributed by atoms with Gasteiger partial charge in [0.05, 0.1) is 0 Å². The first-order valence-corrected chi connectivity index (χ1v) is 7.88. The van der Waals surface area contributed by atoms with Crippen LogP contribution in [0, 0.1) is 5.82 Å². The highest BCUT2D eigenvalue weighted by molar-refractivity contribution is 9.10. The van der Waals surface area contributed by atoms with Gasteiger partial charge in [-0.2, -0.15) is 17.5 Å². The molecule has 0 radical (unpaired) electrons. The quantitative estimate of drug-likeness (QED) is 0.783. The molecule has 4 nitrogen and oxygen atoms in total. The van der Waals surface area contributed by atoms with Crippen molar-refractivity contribution in [1.29, 1.82) is 0 Å². The maximum absolute atomic E-state index is 14.2. The van der Waals surface area contributed by atoms with Gasteiger partial charge >= 0.3 is 6.18 Å². The van der Waals surface area contributed by atoms with Crippen LogP contribution in [0.2, 0.25) is 0 Å². The van der Waals surface area contributed by atoms with E-state index in [4.69, 9.17) is 0 Å². The second-order valence-electron chi connectivity index (χ2n) is 4.28. The molecule has 0 atom stereocenters. The van der Waals surface area contributed by atoms with Gasteiger partial charge in [0.2, 0.25) is 10.0 Å². The second kappa shape index (κ2) is 6.59. The number of nitrogens with zero attached hydrogens (tertiary/aromatic N) is 1. The summed E-state index contributed by atoms with van der Waals surface area (Å²) >= 11 is 3.02. The molecule has 0 amide bonds. The second-order valence-corrected chi connectivity index (χ2v) is 7.21. The Morgan fingerprint density at radius 1 is 1.33 bits per heavy atom. The highest BCUT2D eigenvalue weighted by Gasteiger charge is 2.36. The van der Waals surface area contributed by atoms with Crippen molar-refractivity contribution in [2.24, 2.45) is 0 Å². The topological polar surface area (TPSA) is 49.4 Å². The summed E-state index contributed by atoms with van der Waals surface area (Å²) in [6.07, 6.45) is -4.71. The molecule has 0 saturated heterocycles. The fraction of sp³-hybridized carbons (Fsp3) is 0.455. The Kier molecular flexibility index (Phi) is 5.76. The highest BCUT2D eigenvalue weighted by Crippen LogP contribution is 2.27. The molecule has 1 N–H and O–H groups in total. The number of alkyl halides is 3. The van der Waals surface area contributed by atoms with Crippen molar-refractivity contribution in [3.05, 3.63) is 28.0 Å². The smallest absolute Gasteiger partial charge is 0.316 e. The van der Waals surface area contributed by atoms with Gasteiger partial charge in [-0.25, -0.2) is 12.8 Å². The zero-order valence-corrected chi connectivity index (χ0v) is 13.5. The fourth-order valence-corrected chi connectivity index (χ4v) is 3.57. The van der Waals surface area contributed by atoms with Crippen molar-refractivity contribution in [3.63, 3.8) is 0 Å². The van der Waals surface area contributed by atoms with Gasteiger partial charge in [0.15, 0.2) is 0 Å². The van der Waals surface area contributed by atoms with Gasteiger partial charge in [-0.05, 0) is 19.2 Å². The van der Waals surface area contributed by atoms with Crippen molar-refractivity contribution >= 4 is 26.0 Å². The summed E-state index contributed by atoms with van der Waals surface area (Å²) < 4.78 is 75.6. The number of benzene rings is 1. The van der Waals surface area contributed by atoms with Crippen molar-refractivity contribution in [1.82, 2.24) is 9.62 Å². The summed E-state index contributed by atoms with van der Waals surface area (Å²) in [5, 5.41) is 2.65. The van der Waals surface area contributed by atoms with Crippen LogP contribution in [0.4, 0.5) is 17.6 Å². The molecule has 0 bridgehead atoms. The van der Waals surface area contributed by atoms with E-state index in [9.17, 15) is 26.0 Å². The summed E-state index contributed by atoms with van der Waals surface area (Å²) in [6, 6.07) is 2.30. The Bertz CT molecular complexity index is 619. The lowest BCUT2D eigenvalue weighted by Crippen LogP contribution is -2.36. The lowest BCUT2D eigenvalue weighted by atomic mass is 10.2. The Balaban J connectivity index is 3.31. The van der Waals surface area contributed by atoms with Gasteiger partial charge < -0.3 is 5.32 Å². The maximum Gasteiger partial charge on any atom is 0.402 e. The molecule has 0 aromatic heterocycles. The molecule has 0 aliphatic rings. The van der Waals surface area contributed by atoms with Crippen LogP contribution in [-0.2, 0) is 16.6 Å². The number of halogens is 5. The first-order valence-electron chi connectivity index (χ1n) is 5.64. The largest absolute Gasteiger partial charge is 0.402 e. The Morgan fingerprint density at radius 2 is 1.90 bits per heavy atom. The third-order valence-corrected chi connectivity index (χ3v) is 4.80. The minimum Gasteiger partial charge on any atom is -0.316 e. The van der Waals surface area contributed by atoms with Crippen LogP contribution in [0.25, 0.3) is 0 Å². The van der Waals surface area contributed by atoms with Crippen LogP contribution in [0.15, 0.2) is 21.5 Å². The van der Waals surface area contributed by atoms with E-state index in [1.807, 2.05) is 0 Å². The molecular formula is C11H13BrF4N2O2S. The molecule has 0 aliphatic heterocycles. The van der Waals surface area contributed by atoms with Gasteiger partial charge in [-0.1, -0.05) is 15.9 Å². The molecule has 0 heterocycles. The normalized spacial score (nSPS) is 13.0. The lowest BCUT2D eigenvalue weighted by molar-refractivity contribution is -0.134. The molecule has 0 saturated carbocycles. The van der Waals surface area contributed by atoms with Gasteiger partial charge in [0.25, 0.3) is 0 Å². The van der Waals surface area contributed by atoms with Crippen molar-refractivity contribution < 1.29 is 26.0 Å². The van der Waals surface area contributed by atoms with E-state index in [0.29, 0.717) is 0 Å². The first kappa shape index (κ1) is 18.3. The van der Waals surface area contributed by atoms with Crippen LogP contribution in [0.1, 0.15) is 5.56 Å². The molecule has 10 heteroatoms. The summed E-state index contributed by atoms with van der Waals surface area (Å²) in [7, 11) is -2.30. The molecule has 1 rings (SSSR count). The average molecular weight is 393 g/mol. The Morgan fingerprint density at radius 3 is 2.38 bits per heavy atom. The zero-order chi connectivity index (χ0) is 16.4. The molecular weight excluding hydrogens is 380 g/mol. The minimum atomic E-state index is -4.71. The SMILES string of the molecule is CNCc1cc(Br)cc(S(=O)(=O)N(C)CC(F)(F)F)c1F. The minimum absolute atomic E-state index is 0.0332. The number of sulfonamides is 1. The maximum atomic E-state index is 14.2. The predicted octanol–water partition coefficient (Wildman–Crippen LogP) is 2.49. The molecule has 1 aromatic rings. The predicted molar refractivity (Wildman–Crippen MR) is 72.7 cm³/mol. The molecule has 0 fully saturated rings. The van der Waals surface area contributed by atoms with Gasteiger partial charge in [0.1, 0.15) is 17.3 Å². The molecule has 21 heavy (non-hydrogen) atoms. The number of hydrogen-bond acceptors (Lipinski definition) is 3.